The van der Waals surface area contributed by atoms with Gasteiger partial charge in [-0.15, -0.1) is 0 Å². The Morgan fingerprint density at radius 3 is 2.33 bits per heavy atom. The zero-order valence-corrected chi connectivity index (χ0v) is 7.86. The van der Waals surface area contributed by atoms with E-state index in [4.69, 9.17) is 5.11 Å². The van der Waals surface area contributed by atoms with E-state index in [1.54, 1.807) is 0 Å². The van der Waals surface area contributed by atoms with Gasteiger partial charge in [0.15, 0.2) is 0 Å². The van der Waals surface area contributed by atoms with Crippen molar-refractivity contribution in [3.05, 3.63) is 42.6 Å². The SMILES string of the molecule is C=CNC(=O)Nc1ccc(C(=O)O)cc1. The smallest absolute Gasteiger partial charge is 0.335 e. The summed E-state index contributed by atoms with van der Waals surface area (Å²) in [5.41, 5.74) is 0.684. The summed E-state index contributed by atoms with van der Waals surface area (Å²) < 4.78 is 0. The number of rotatable bonds is 3. The van der Waals surface area contributed by atoms with Gasteiger partial charge >= 0.3 is 12.0 Å². The third-order valence-electron chi connectivity index (χ3n) is 1.62. The molecule has 15 heavy (non-hydrogen) atoms. The number of urea groups is 1. The highest BCUT2D eigenvalue weighted by Crippen LogP contribution is 2.09. The molecule has 0 aliphatic carbocycles. The Balaban J connectivity index is 2.68. The normalized spacial score (nSPS) is 9.07. The van der Waals surface area contributed by atoms with Crippen LogP contribution in [0, 0.1) is 0 Å². The van der Waals surface area contributed by atoms with Crippen molar-refractivity contribution in [1.82, 2.24) is 5.32 Å². The van der Waals surface area contributed by atoms with Crippen LogP contribution in [0.4, 0.5) is 10.5 Å². The maximum absolute atomic E-state index is 11.0. The molecular weight excluding hydrogens is 196 g/mol. The molecule has 0 fully saturated rings. The molecule has 0 bridgehead atoms. The van der Waals surface area contributed by atoms with Crippen molar-refractivity contribution in [3.63, 3.8) is 0 Å². The second-order valence-corrected chi connectivity index (χ2v) is 2.69. The quantitative estimate of drug-likeness (QED) is 0.703. The van der Waals surface area contributed by atoms with E-state index in [0.717, 1.165) is 0 Å². The third kappa shape index (κ3) is 3.15. The molecule has 0 spiro atoms. The number of carbonyl (C=O) groups is 2. The molecule has 0 heterocycles. The summed E-state index contributed by atoms with van der Waals surface area (Å²) in [5, 5.41) is 13.5. The van der Waals surface area contributed by atoms with E-state index in [2.05, 4.69) is 17.2 Å². The number of benzene rings is 1. The molecule has 0 aliphatic heterocycles. The largest absolute Gasteiger partial charge is 0.478 e. The second-order valence-electron chi connectivity index (χ2n) is 2.69. The molecule has 1 aromatic carbocycles. The lowest BCUT2D eigenvalue weighted by molar-refractivity contribution is 0.0697. The van der Waals surface area contributed by atoms with Gasteiger partial charge in [0.05, 0.1) is 5.56 Å². The van der Waals surface area contributed by atoms with Gasteiger partial charge in [0, 0.05) is 5.69 Å². The first-order chi connectivity index (χ1) is 7.13. The van der Waals surface area contributed by atoms with Crippen molar-refractivity contribution in [2.24, 2.45) is 0 Å². The fourth-order valence-electron chi connectivity index (χ4n) is 0.956. The maximum Gasteiger partial charge on any atom is 0.335 e. The molecule has 0 radical (unpaired) electrons. The molecule has 78 valence electrons. The minimum atomic E-state index is -1.00. The topological polar surface area (TPSA) is 78.4 Å². The minimum absolute atomic E-state index is 0.171. The van der Waals surface area contributed by atoms with Crippen LogP contribution in [-0.4, -0.2) is 17.1 Å². The Morgan fingerprint density at radius 1 is 1.27 bits per heavy atom. The number of hydrogen-bond acceptors (Lipinski definition) is 2. The predicted octanol–water partition coefficient (Wildman–Crippen LogP) is 1.65. The molecule has 5 heteroatoms. The molecule has 0 aromatic heterocycles. The van der Waals surface area contributed by atoms with Crippen molar-refractivity contribution < 1.29 is 14.7 Å². The Labute approximate surface area is 86.4 Å². The number of carbonyl (C=O) groups excluding carboxylic acids is 1. The number of amides is 2. The van der Waals surface area contributed by atoms with Crippen LogP contribution in [0.1, 0.15) is 10.4 Å². The summed E-state index contributed by atoms with van der Waals surface area (Å²) in [7, 11) is 0. The van der Waals surface area contributed by atoms with Crippen LogP contribution in [-0.2, 0) is 0 Å². The molecule has 3 N–H and O–H groups in total. The number of anilines is 1. The number of carboxylic acid groups (broad SMARTS) is 1. The van der Waals surface area contributed by atoms with E-state index in [0.29, 0.717) is 5.69 Å². The van der Waals surface area contributed by atoms with Crippen LogP contribution >= 0.6 is 0 Å². The molecule has 0 saturated carbocycles. The Hall–Kier alpha value is -2.30. The van der Waals surface area contributed by atoms with Crippen molar-refractivity contribution >= 4 is 17.7 Å². The van der Waals surface area contributed by atoms with Crippen LogP contribution in [0.15, 0.2) is 37.0 Å². The average Bonchev–Trinajstić information content (AvgIpc) is 2.18. The Kier molecular flexibility index (Phi) is 3.45. The molecule has 0 saturated heterocycles. The zero-order chi connectivity index (χ0) is 11.3. The summed E-state index contributed by atoms with van der Waals surface area (Å²) in [6.07, 6.45) is 1.25. The predicted molar refractivity (Wildman–Crippen MR) is 55.8 cm³/mol. The Morgan fingerprint density at radius 2 is 1.87 bits per heavy atom. The lowest BCUT2D eigenvalue weighted by atomic mass is 10.2. The van der Waals surface area contributed by atoms with E-state index in [9.17, 15) is 9.59 Å². The van der Waals surface area contributed by atoms with Gasteiger partial charge in [0.2, 0.25) is 0 Å². The summed E-state index contributed by atoms with van der Waals surface area (Å²) in [6.45, 7) is 3.33. The van der Waals surface area contributed by atoms with Crippen molar-refractivity contribution in [1.29, 1.82) is 0 Å². The first kappa shape index (κ1) is 10.8. The molecule has 2 amide bonds. The third-order valence-corrected chi connectivity index (χ3v) is 1.62. The van der Waals surface area contributed by atoms with Gasteiger partial charge in [0.25, 0.3) is 0 Å². The van der Waals surface area contributed by atoms with Gasteiger partial charge in [-0.05, 0) is 30.5 Å². The highest BCUT2D eigenvalue weighted by atomic mass is 16.4. The Bertz CT molecular complexity index is 384. The zero-order valence-electron chi connectivity index (χ0n) is 7.86. The van der Waals surface area contributed by atoms with Crippen LogP contribution in [0.3, 0.4) is 0 Å². The average molecular weight is 206 g/mol. The number of aromatic carboxylic acids is 1. The molecule has 1 aromatic rings. The van der Waals surface area contributed by atoms with E-state index in [1.807, 2.05) is 0 Å². The van der Waals surface area contributed by atoms with E-state index in [-0.39, 0.29) is 5.56 Å². The number of nitrogens with one attached hydrogen (secondary N) is 2. The highest BCUT2D eigenvalue weighted by Gasteiger charge is 2.02. The van der Waals surface area contributed by atoms with Crippen molar-refractivity contribution in [2.75, 3.05) is 5.32 Å². The lowest BCUT2D eigenvalue weighted by Crippen LogP contribution is -2.23. The first-order valence-electron chi connectivity index (χ1n) is 4.15. The monoisotopic (exact) mass is 206 g/mol. The van der Waals surface area contributed by atoms with Crippen molar-refractivity contribution in [2.45, 2.75) is 0 Å². The number of carboxylic acids is 1. The molecule has 0 aliphatic rings. The fourth-order valence-corrected chi connectivity index (χ4v) is 0.956. The van der Waals surface area contributed by atoms with E-state index >= 15 is 0 Å². The summed E-state index contributed by atoms with van der Waals surface area (Å²) in [4.78, 5) is 21.5. The van der Waals surface area contributed by atoms with E-state index in [1.165, 1.54) is 30.5 Å². The van der Waals surface area contributed by atoms with Crippen molar-refractivity contribution in [3.8, 4) is 0 Å². The summed E-state index contributed by atoms with van der Waals surface area (Å²) in [6, 6.07) is 5.41. The summed E-state index contributed by atoms with van der Waals surface area (Å²) in [5.74, 6) is -1.00. The van der Waals surface area contributed by atoms with Gasteiger partial charge in [-0.1, -0.05) is 6.58 Å². The molecule has 5 nitrogen and oxygen atoms in total. The first-order valence-corrected chi connectivity index (χ1v) is 4.15. The standard InChI is InChI=1S/C10H10N2O3/c1-2-11-10(15)12-8-5-3-7(4-6-8)9(13)14/h2-6H,1H2,(H,13,14)(H2,11,12,15). The van der Waals surface area contributed by atoms with Gasteiger partial charge < -0.3 is 15.7 Å². The van der Waals surface area contributed by atoms with Crippen LogP contribution in [0.2, 0.25) is 0 Å². The number of hydrogen-bond donors (Lipinski definition) is 3. The lowest BCUT2D eigenvalue weighted by Gasteiger charge is -2.04. The van der Waals surface area contributed by atoms with Crippen LogP contribution in [0.25, 0.3) is 0 Å². The highest BCUT2D eigenvalue weighted by molar-refractivity contribution is 5.91. The summed E-state index contributed by atoms with van der Waals surface area (Å²) >= 11 is 0. The second kappa shape index (κ2) is 4.80. The van der Waals surface area contributed by atoms with Crippen LogP contribution in [0.5, 0.6) is 0 Å². The molecular formula is C10H10N2O3. The van der Waals surface area contributed by atoms with Gasteiger partial charge in [-0.25, -0.2) is 9.59 Å². The fraction of sp³-hybridized carbons (Fsp3) is 0. The van der Waals surface area contributed by atoms with Gasteiger partial charge in [-0.2, -0.15) is 0 Å². The van der Waals surface area contributed by atoms with E-state index < -0.39 is 12.0 Å². The van der Waals surface area contributed by atoms with Gasteiger partial charge in [-0.3, -0.25) is 0 Å². The minimum Gasteiger partial charge on any atom is -0.478 e. The van der Waals surface area contributed by atoms with Crippen LogP contribution < -0.4 is 10.6 Å². The van der Waals surface area contributed by atoms with Gasteiger partial charge in [0.1, 0.15) is 0 Å². The maximum atomic E-state index is 11.0. The molecule has 0 unspecified atom stereocenters. The molecule has 1 rings (SSSR count). The molecule has 0 atom stereocenters.